The molecule has 172 valence electrons. The third-order valence-corrected chi connectivity index (χ3v) is 6.69. The number of nitrogens with two attached hydrogens (primary N) is 1. The normalized spacial score (nSPS) is 14.3. The third kappa shape index (κ3) is 4.83. The number of carbonyl (C=O) groups is 1. The number of nitrogens with zero attached hydrogens (tertiary/aromatic N) is 5. The molecule has 10 nitrogen and oxygen atoms in total. The van der Waals surface area contributed by atoms with Crippen LogP contribution >= 0.6 is 0 Å². The largest absolute Gasteiger partial charge is 0.349 e. The van der Waals surface area contributed by atoms with Crippen LogP contribution in [0.25, 0.3) is 11.0 Å². The van der Waals surface area contributed by atoms with E-state index in [2.05, 4.69) is 32.0 Å². The zero-order valence-electron chi connectivity index (χ0n) is 18.2. The van der Waals surface area contributed by atoms with Crippen molar-refractivity contribution in [2.45, 2.75) is 76.4 Å². The first kappa shape index (κ1) is 22.4. The molecule has 4 rings (SSSR count). The predicted molar refractivity (Wildman–Crippen MR) is 119 cm³/mol. The Morgan fingerprint density at radius 3 is 2.81 bits per heavy atom. The Balaban J connectivity index is 1.43. The smallest absolute Gasteiger partial charge is 0.238 e. The second-order valence-electron chi connectivity index (χ2n) is 8.15. The minimum Gasteiger partial charge on any atom is -0.349 e. The highest BCUT2D eigenvalue weighted by Crippen LogP contribution is 2.21. The standard InChI is InChI=1S/C21H29N7O3S/c1-2-11-27-17-8-7-15(32(22,30)31)13-16(17)24-18(27)9-10-21(29)23-14-20-26-25-19-6-4-3-5-12-28(19)20/h7-8,13H,2-6,9-12,14H2,1H3,(H,23,29)(H2,22,30,31). The summed E-state index contributed by atoms with van der Waals surface area (Å²) in [5.41, 5.74) is 1.40. The fourth-order valence-electron chi connectivity index (χ4n) is 4.17. The van der Waals surface area contributed by atoms with Gasteiger partial charge in [-0.1, -0.05) is 13.3 Å². The van der Waals surface area contributed by atoms with Crippen LogP contribution in [0.5, 0.6) is 0 Å². The first-order valence-electron chi connectivity index (χ1n) is 11.1. The van der Waals surface area contributed by atoms with Gasteiger partial charge in [0, 0.05) is 32.4 Å². The summed E-state index contributed by atoms with van der Waals surface area (Å²) < 4.78 is 27.5. The zero-order chi connectivity index (χ0) is 22.7. The van der Waals surface area contributed by atoms with Crippen LogP contribution in [0.1, 0.15) is 56.5 Å². The zero-order valence-corrected chi connectivity index (χ0v) is 19.1. The molecule has 0 unspecified atom stereocenters. The van der Waals surface area contributed by atoms with E-state index in [1.165, 1.54) is 18.6 Å². The number of amides is 1. The number of sulfonamides is 1. The van der Waals surface area contributed by atoms with E-state index in [0.29, 0.717) is 18.5 Å². The highest BCUT2D eigenvalue weighted by atomic mass is 32.2. The quantitative estimate of drug-likeness (QED) is 0.525. The van der Waals surface area contributed by atoms with Gasteiger partial charge in [0.05, 0.1) is 22.5 Å². The first-order chi connectivity index (χ1) is 15.4. The molecule has 2 aromatic heterocycles. The molecule has 3 aromatic rings. The van der Waals surface area contributed by atoms with Crippen LogP contribution in [0.4, 0.5) is 0 Å². The lowest BCUT2D eigenvalue weighted by Crippen LogP contribution is -2.25. The van der Waals surface area contributed by atoms with Gasteiger partial charge in [-0.2, -0.15) is 0 Å². The van der Waals surface area contributed by atoms with Crippen LogP contribution in [-0.2, 0) is 47.3 Å². The van der Waals surface area contributed by atoms with E-state index < -0.39 is 10.0 Å². The average molecular weight is 460 g/mol. The van der Waals surface area contributed by atoms with Crippen LogP contribution in [0.2, 0.25) is 0 Å². The van der Waals surface area contributed by atoms with Gasteiger partial charge < -0.3 is 14.5 Å². The summed E-state index contributed by atoms with van der Waals surface area (Å²) in [5, 5.41) is 16.7. The van der Waals surface area contributed by atoms with Crippen LogP contribution < -0.4 is 10.5 Å². The molecular formula is C21H29N7O3S. The molecule has 3 heterocycles. The van der Waals surface area contributed by atoms with Crippen LogP contribution in [-0.4, -0.2) is 38.6 Å². The number of imidazole rings is 1. The molecule has 0 saturated heterocycles. The molecule has 11 heteroatoms. The summed E-state index contributed by atoms with van der Waals surface area (Å²) >= 11 is 0. The van der Waals surface area contributed by atoms with Gasteiger partial charge in [-0.25, -0.2) is 18.5 Å². The van der Waals surface area contributed by atoms with Crippen molar-refractivity contribution >= 4 is 27.0 Å². The van der Waals surface area contributed by atoms with Crippen molar-refractivity contribution in [3.05, 3.63) is 35.7 Å². The lowest BCUT2D eigenvalue weighted by Gasteiger charge is -2.09. The van der Waals surface area contributed by atoms with Crippen molar-refractivity contribution in [3.63, 3.8) is 0 Å². The second-order valence-corrected chi connectivity index (χ2v) is 9.71. The predicted octanol–water partition coefficient (Wildman–Crippen LogP) is 1.66. The fourth-order valence-corrected chi connectivity index (χ4v) is 4.70. The number of nitrogens with one attached hydrogen (secondary N) is 1. The van der Waals surface area contributed by atoms with Crippen molar-refractivity contribution < 1.29 is 13.2 Å². The topological polar surface area (TPSA) is 138 Å². The van der Waals surface area contributed by atoms with Gasteiger partial charge in [0.25, 0.3) is 0 Å². The number of hydrogen-bond donors (Lipinski definition) is 2. The molecule has 0 bridgehead atoms. The summed E-state index contributed by atoms with van der Waals surface area (Å²) in [5.74, 6) is 2.46. The summed E-state index contributed by atoms with van der Waals surface area (Å²) in [7, 11) is -3.80. The number of benzene rings is 1. The number of carbonyl (C=O) groups excluding carboxylic acids is 1. The van der Waals surface area contributed by atoms with E-state index in [1.807, 2.05) is 4.57 Å². The maximum Gasteiger partial charge on any atom is 0.238 e. The fraction of sp³-hybridized carbons (Fsp3) is 0.524. The molecule has 1 aliphatic heterocycles. The van der Waals surface area contributed by atoms with Crippen LogP contribution in [0, 0.1) is 0 Å². The maximum absolute atomic E-state index is 12.5. The number of primary sulfonamides is 1. The van der Waals surface area contributed by atoms with Crippen molar-refractivity contribution in [2.75, 3.05) is 0 Å². The van der Waals surface area contributed by atoms with Crippen LogP contribution in [0.15, 0.2) is 23.1 Å². The number of rotatable bonds is 8. The molecular weight excluding hydrogens is 430 g/mol. The van der Waals surface area contributed by atoms with Crippen molar-refractivity contribution in [3.8, 4) is 0 Å². The molecule has 0 fully saturated rings. The Morgan fingerprint density at radius 1 is 1.19 bits per heavy atom. The van der Waals surface area contributed by atoms with E-state index in [1.54, 1.807) is 6.07 Å². The average Bonchev–Trinajstić information content (AvgIpc) is 3.21. The summed E-state index contributed by atoms with van der Waals surface area (Å²) in [4.78, 5) is 17.1. The molecule has 1 aliphatic rings. The Hall–Kier alpha value is -2.79. The second kappa shape index (κ2) is 9.37. The van der Waals surface area contributed by atoms with Crippen LogP contribution in [0.3, 0.4) is 0 Å². The Bertz CT molecular complexity index is 1230. The number of hydrogen-bond acceptors (Lipinski definition) is 6. The third-order valence-electron chi connectivity index (χ3n) is 5.78. The van der Waals surface area contributed by atoms with E-state index in [-0.39, 0.29) is 17.2 Å². The molecule has 1 amide bonds. The minimum absolute atomic E-state index is 0.0304. The van der Waals surface area contributed by atoms with Crippen molar-refractivity contribution in [1.82, 2.24) is 29.6 Å². The minimum atomic E-state index is -3.80. The van der Waals surface area contributed by atoms with Gasteiger partial charge in [0.15, 0.2) is 5.82 Å². The highest BCUT2D eigenvalue weighted by molar-refractivity contribution is 7.89. The van der Waals surface area contributed by atoms with E-state index in [4.69, 9.17) is 5.14 Å². The number of fused-ring (bicyclic) bond motifs is 2. The van der Waals surface area contributed by atoms with E-state index >= 15 is 0 Å². The van der Waals surface area contributed by atoms with Gasteiger partial charge in [0.2, 0.25) is 15.9 Å². The maximum atomic E-state index is 12.5. The van der Waals surface area contributed by atoms with E-state index in [0.717, 1.165) is 61.8 Å². The number of aromatic nitrogens is 5. The summed E-state index contributed by atoms with van der Waals surface area (Å²) in [6, 6.07) is 4.69. The summed E-state index contributed by atoms with van der Waals surface area (Å²) in [6.45, 7) is 4.04. The first-order valence-corrected chi connectivity index (χ1v) is 12.6. The monoisotopic (exact) mass is 459 g/mol. The molecule has 0 saturated carbocycles. The van der Waals surface area contributed by atoms with Gasteiger partial charge in [-0.15, -0.1) is 10.2 Å². The number of aryl methyl sites for hydroxylation is 3. The van der Waals surface area contributed by atoms with Crippen molar-refractivity contribution in [2.24, 2.45) is 5.14 Å². The molecule has 3 N–H and O–H groups in total. The Kier molecular flexibility index (Phi) is 6.56. The molecule has 0 radical (unpaired) electrons. The molecule has 1 aromatic carbocycles. The van der Waals surface area contributed by atoms with Gasteiger partial charge in [0.1, 0.15) is 11.6 Å². The Morgan fingerprint density at radius 2 is 2.03 bits per heavy atom. The van der Waals surface area contributed by atoms with E-state index in [9.17, 15) is 13.2 Å². The van der Waals surface area contributed by atoms with Gasteiger partial charge >= 0.3 is 0 Å². The lowest BCUT2D eigenvalue weighted by atomic mass is 10.2. The van der Waals surface area contributed by atoms with Gasteiger partial charge in [-0.05, 0) is 37.5 Å². The molecule has 32 heavy (non-hydrogen) atoms. The van der Waals surface area contributed by atoms with Crippen molar-refractivity contribution in [1.29, 1.82) is 0 Å². The SMILES string of the molecule is CCCn1c(CCC(=O)NCc2nnc3n2CCCCC3)nc2cc(S(N)(=O)=O)ccc21. The molecule has 0 atom stereocenters. The molecule has 0 spiro atoms. The summed E-state index contributed by atoms with van der Waals surface area (Å²) in [6.07, 6.45) is 5.96. The highest BCUT2D eigenvalue weighted by Gasteiger charge is 2.17. The molecule has 0 aliphatic carbocycles. The van der Waals surface area contributed by atoms with Gasteiger partial charge in [-0.3, -0.25) is 4.79 Å². The lowest BCUT2D eigenvalue weighted by molar-refractivity contribution is -0.121. The Labute approximate surface area is 187 Å².